The number of anilines is 1. The molecule has 6 heteroatoms. The van der Waals surface area contributed by atoms with E-state index in [1.807, 2.05) is 31.2 Å². The molecule has 124 valence electrons. The second kappa shape index (κ2) is 8.92. The summed E-state index contributed by atoms with van der Waals surface area (Å²) in [6.07, 6.45) is 0.484. The van der Waals surface area contributed by atoms with Crippen molar-refractivity contribution in [3.05, 3.63) is 24.3 Å². The molecule has 0 radical (unpaired) electrons. The maximum absolute atomic E-state index is 12.3. The zero-order chi connectivity index (χ0) is 16.7. The molecule has 0 aliphatic carbocycles. The van der Waals surface area contributed by atoms with Crippen LogP contribution in [0, 0.1) is 11.3 Å². The first-order valence-electron chi connectivity index (χ1n) is 7.84. The second-order valence-corrected chi connectivity index (χ2v) is 7.21. The van der Waals surface area contributed by atoms with Crippen LogP contribution in [-0.2, 0) is 9.53 Å². The van der Waals surface area contributed by atoms with Crippen molar-refractivity contribution in [2.45, 2.75) is 36.5 Å². The number of para-hydroxylation sites is 1. The Hall–Kier alpha value is -1.55. The third-order valence-corrected chi connectivity index (χ3v) is 4.90. The Morgan fingerprint density at radius 3 is 3.09 bits per heavy atom. The van der Waals surface area contributed by atoms with E-state index in [-0.39, 0.29) is 17.2 Å². The molecule has 1 N–H and O–H groups in total. The molecule has 1 saturated heterocycles. The van der Waals surface area contributed by atoms with Gasteiger partial charge in [-0.25, -0.2) is 0 Å². The Labute approximate surface area is 142 Å². The average Bonchev–Trinajstić information content (AvgIpc) is 2.52. The highest BCUT2D eigenvalue weighted by molar-refractivity contribution is 8.00. The second-order valence-electron chi connectivity index (χ2n) is 5.73. The van der Waals surface area contributed by atoms with Gasteiger partial charge in [0.25, 0.3) is 0 Å². The fourth-order valence-corrected chi connectivity index (χ4v) is 3.42. The molecule has 1 amide bonds. The topological polar surface area (TPSA) is 65.4 Å². The first-order valence-corrected chi connectivity index (χ1v) is 8.72. The van der Waals surface area contributed by atoms with Crippen LogP contribution in [0.5, 0.6) is 0 Å². The summed E-state index contributed by atoms with van der Waals surface area (Å²) in [5, 5.41) is 12.0. The van der Waals surface area contributed by atoms with Gasteiger partial charge in [-0.15, -0.1) is 11.8 Å². The van der Waals surface area contributed by atoms with Crippen molar-refractivity contribution in [3.63, 3.8) is 0 Å². The van der Waals surface area contributed by atoms with Crippen LogP contribution in [0.1, 0.15) is 20.3 Å². The van der Waals surface area contributed by atoms with Crippen molar-refractivity contribution in [2.75, 3.05) is 31.6 Å². The van der Waals surface area contributed by atoms with E-state index in [0.717, 1.165) is 17.1 Å². The van der Waals surface area contributed by atoms with Crippen molar-refractivity contribution in [2.24, 2.45) is 0 Å². The molecule has 0 aromatic heterocycles. The summed E-state index contributed by atoms with van der Waals surface area (Å²) in [5.74, 6) is -0.0141. The van der Waals surface area contributed by atoms with Gasteiger partial charge in [0.2, 0.25) is 5.91 Å². The largest absolute Gasteiger partial charge is 0.379 e. The number of hydrogen-bond donors (Lipinski definition) is 1. The van der Waals surface area contributed by atoms with Crippen molar-refractivity contribution in [1.82, 2.24) is 4.90 Å². The lowest BCUT2D eigenvalue weighted by atomic mass is 10.2. The number of amides is 1. The molecule has 1 fully saturated rings. The van der Waals surface area contributed by atoms with Crippen molar-refractivity contribution < 1.29 is 9.53 Å². The maximum Gasteiger partial charge on any atom is 0.238 e. The number of benzene rings is 1. The molecule has 23 heavy (non-hydrogen) atoms. The minimum absolute atomic E-state index is 0.0141. The van der Waals surface area contributed by atoms with Gasteiger partial charge in [0.05, 0.1) is 31.5 Å². The van der Waals surface area contributed by atoms with Crippen molar-refractivity contribution >= 4 is 23.4 Å². The molecular weight excluding hydrogens is 310 g/mol. The molecule has 2 rings (SSSR count). The Bertz CT molecular complexity index is 573. The summed E-state index contributed by atoms with van der Waals surface area (Å²) in [6, 6.07) is 10.2. The highest BCUT2D eigenvalue weighted by atomic mass is 32.2. The van der Waals surface area contributed by atoms with E-state index in [1.165, 1.54) is 0 Å². The SMILES string of the molecule is CC(CC#N)Sc1ccccc1NC(=O)CN1CCOCC1C. The number of carbonyl (C=O) groups is 1. The summed E-state index contributed by atoms with van der Waals surface area (Å²) in [6.45, 7) is 6.59. The van der Waals surface area contributed by atoms with Gasteiger partial charge in [-0.2, -0.15) is 5.26 Å². The van der Waals surface area contributed by atoms with Gasteiger partial charge < -0.3 is 10.1 Å². The van der Waals surface area contributed by atoms with Crippen LogP contribution in [0.4, 0.5) is 5.69 Å². The van der Waals surface area contributed by atoms with Crippen LogP contribution in [-0.4, -0.2) is 48.4 Å². The molecular formula is C17H23N3O2S. The normalized spacial score (nSPS) is 19.8. The molecule has 5 nitrogen and oxygen atoms in total. The van der Waals surface area contributed by atoms with E-state index in [1.54, 1.807) is 11.8 Å². The van der Waals surface area contributed by atoms with Gasteiger partial charge in [-0.1, -0.05) is 19.1 Å². The molecule has 2 unspecified atom stereocenters. The number of nitrogens with zero attached hydrogens (tertiary/aromatic N) is 2. The van der Waals surface area contributed by atoms with Gasteiger partial charge in [-0.05, 0) is 19.1 Å². The van der Waals surface area contributed by atoms with E-state index in [4.69, 9.17) is 10.00 Å². The number of nitriles is 1. The number of hydrogen-bond acceptors (Lipinski definition) is 5. The molecule has 2 atom stereocenters. The van der Waals surface area contributed by atoms with Gasteiger partial charge in [0.15, 0.2) is 0 Å². The number of nitrogens with one attached hydrogen (secondary N) is 1. The zero-order valence-electron chi connectivity index (χ0n) is 13.6. The molecule has 1 aliphatic heterocycles. The molecule has 1 heterocycles. The van der Waals surface area contributed by atoms with Crippen LogP contribution in [0.3, 0.4) is 0 Å². The third kappa shape index (κ3) is 5.54. The van der Waals surface area contributed by atoms with Gasteiger partial charge in [0, 0.05) is 29.2 Å². The Kier molecular flexibility index (Phi) is 6.90. The van der Waals surface area contributed by atoms with Crippen LogP contribution in [0.15, 0.2) is 29.2 Å². The highest BCUT2D eigenvalue weighted by Crippen LogP contribution is 2.31. The Balaban J connectivity index is 1.96. The van der Waals surface area contributed by atoms with E-state index in [2.05, 4.69) is 23.2 Å². The highest BCUT2D eigenvalue weighted by Gasteiger charge is 2.21. The first kappa shape index (κ1) is 17.8. The van der Waals surface area contributed by atoms with Gasteiger partial charge >= 0.3 is 0 Å². The third-order valence-electron chi connectivity index (χ3n) is 3.72. The summed E-state index contributed by atoms with van der Waals surface area (Å²) in [7, 11) is 0. The minimum atomic E-state index is -0.0141. The van der Waals surface area contributed by atoms with Crippen LogP contribution in [0.25, 0.3) is 0 Å². The standard InChI is InChI=1S/C17H23N3O2S/c1-13-12-22-10-9-20(13)11-17(21)19-15-5-3-4-6-16(15)23-14(2)7-8-18/h3-6,13-14H,7,9-12H2,1-2H3,(H,19,21). The molecule has 0 spiro atoms. The average molecular weight is 333 g/mol. The number of morpholine rings is 1. The van der Waals surface area contributed by atoms with Crippen LogP contribution < -0.4 is 5.32 Å². The molecule has 0 bridgehead atoms. The fourth-order valence-electron chi connectivity index (χ4n) is 2.43. The number of carbonyl (C=O) groups excluding carboxylic acids is 1. The molecule has 1 aliphatic rings. The number of ether oxygens (including phenoxy) is 1. The van der Waals surface area contributed by atoms with E-state index in [0.29, 0.717) is 26.2 Å². The van der Waals surface area contributed by atoms with Crippen molar-refractivity contribution in [3.8, 4) is 6.07 Å². The summed E-state index contributed by atoms with van der Waals surface area (Å²) in [4.78, 5) is 15.5. The van der Waals surface area contributed by atoms with E-state index in [9.17, 15) is 4.79 Å². The van der Waals surface area contributed by atoms with Crippen LogP contribution >= 0.6 is 11.8 Å². The first-order chi connectivity index (χ1) is 11.1. The molecule has 0 saturated carbocycles. The Morgan fingerprint density at radius 2 is 2.35 bits per heavy atom. The zero-order valence-corrected chi connectivity index (χ0v) is 14.4. The lowest BCUT2D eigenvalue weighted by molar-refractivity contribution is -0.119. The van der Waals surface area contributed by atoms with Crippen molar-refractivity contribution in [1.29, 1.82) is 5.26 Å². The predicted octanol–water partition coefficient (Wildman–Crippen LogP) is 2.74. The van der Waals surface area contributed by atoms with E-state index < -0.39 is 0 Å². The van der Waals surface area contributed by atoms with Gasteiger partial charge in [0.1, 0.15) is 0 Å². The Morgan fingerprint density at radius 1 is 1.57 bits per heavy atom. The summed E-state index contributed by atoms with van der Waals surface area (Å²) in [5.41, 5.74) is 0.813. The summed E-state index contributed by atoms with van der Waals surface area (Å²) < 4.78 is 5.39. The van der Waals surface area contributed by atoms with E-state index >= 15 is 0 Å². The quantitative estimate of drug-likeness (QED) is 0.811. The number of rotatable bonds is 6. The molecule has 1 aromatic rings. The smallest absolute Gasteiger partial charge is 0.238 e. The fraction of sp³-hybridized carbons (Fsp3) is 0.529. The van der Waals surface area contributed by atoms with Gasteiger partial charge in [-0.3, -0.25) is 9.69 Å². The summed E-state index contributed by atoms with van der Waals surface area (Å²) >= 11 is 1.61. The monoisotopic (exact) mass is 333 g/mol. The lowest BCUT2D eigenvalue weighted by Gasteiger charge is -2.32. The maximum atomic E-state index is 12.3. The minimum Gasteiger partial charge on any atom is -0.379 e. The van der Waals surface area contributed by atoms with Crippen LogP contribution in [0.2, 0.25) is 0 Å². The number of thioether (sulfide) groups is 1. The molecule has 1 aromatic carbocycles. The predicted molar refractivity (Wildman–Crippen MR) is 92.5 cm³/mol. The lowest BCUT2D eigenvalue weighted by Crippen LogP contribution is -2.47.